The van der Waals surface area contributed by atoms with Crippen molar-refractivity contribution >= 4 is 28.3 Å². The van der Waals surface area contributed by atoms with E-state index < -0.39 is 0 Å². The van der Waals surface area contributed by atoms with E-state index in [9.17, 15) is 0 Å². The summed E-state index contributed by atoms with van der Waals surface area (Å²) in [5, 5.41) is 3.60. The van der Waals surface area contributed by atoms with Gasteiger partial charge in [-0.1, -0.05) is 12.8 Å². The number of hydrogen-bond donors (Lipinski definition) is 1. The molecular weight excluding hydrogens is 330 g/mol. The fourth-order valence-electron chi connectivity index (χ4n) is 2.47. The van der Waals surface area contributed by atoms with Gasteiger partial charge in [-0.25, -0.2) is 0 Å². The molecule has 1 N–H and O–H groups in total. The number of ether oxygens (including phenoxy) is 2. The van der Waals surface area contributed by atoms with Gasteiger partial charge in [0.2, 0.25) is 0 Å². The number of methoxy groups -OCH3 is 2. The number of benzene rings is 1. The molecule has 0 atom stereocenters. The van der Waals surface area contributed by atoms with Crippen molar-refractivity contribution in [2.45, 2.75) is 38.3 Å². The second kappa shape index (κ2) is 7.98. The van der Waals surface area contributed by atoms with Gasteiger partial charge >= 0.3 is 0 Å². The van der Waals surface area contributed by atoms with Crippen molar-refractivity contribution in [2.75, 3.05) is 14.2 Å². The van der Waals surface area contributed by atoms with E-state index in [-0.39, 0.29) is 12.4 Å². The van der Waals surface area contributed by atoms with Gasteiger partial charge in [-0.15, -0.1) is 12.4 Å². The molecule has 0 aromatic heterocycles. The fourth-order valence-corrected chi connectivity index (χ4v) is 3.12. The lowest BCUT2D eigenvalue weighted by Crippen LogP contribution is -2.25. The highest BCUT2D eigenvalue weighted by Crippen LogP contribution is 2.36. The van der Waals surface area contributed by atoms with E-state index in [1.165, 1.54) is 31.2 Å². The Kier molecular flexibility index (Phi) is 6.97. The van der Waals surface area contributed by atoms with Gasteiger partial charge in [0.15, 0.2) is 11.5 Å². The van der Waals surface area contributed by atoms with E-state index in [1.807, 2.05) is 6.07 Å². The van der Waals surface area contributed by atoms with E-state index >= 15 is 0 Å². The van der Waals surface area contributed by atoms with E-state index in [4.69, 9.17) is 9.47 Å². The summed E-state index contributed by atoms with van der Waals surface area (Å²) in [6.45, 7) is 0.879. The third-order valence-corrected chi connectivity index (χ3v) is 4.03. The average molecular weight is 351 g/mol. The van der Waals surface area contributed by atoms with Crippen molar-refractivity contribution in [3.8, 4) is 11.5 Å². The van der Waals surface area contributed by atoms with E-state index in [0.29, 0.717) is 6.04 Å². The minimum absolute atomic E-state index is 0. The number of rotatable bonds is 5. The molecule has 0 spiro atoms. The molecule has 0 heterocycles. The topological polar surface area (TPSA) is 30.5 Å². The van der Waals surface area contributed by atoms with Crippen LogP contribution in [-0.2, 0) is 6.54 Å². The summed E-state index contributed by atoms with van der Waals surface area (Å²) >= 11 is 3.52. The maximum atomic E-state index is 5.35. The third-order valence-electron chi connectivity index (χ3n) is 3.44. The first-order valence-electron chi connectivity index (χ1n) is 6.38. The molecule has 1 aromatic rings. The van der Waals surface area contributed by atoms with Crippen LogP contribution in [-0.4, -0.2) is 20.3 Å². The molecule has 1 aromatic carbocycles. The predicted molar refractivity (Wildman–Crippen MR) is 83.6 cm³/mol. The highest BCUT2D eigenvalue weighted by Gasteiger charge is 2.15. The van der Waals surface area contributed by atoms with Gasteiger partial charge in [0.1, 0.15) is 0 Å². The zero-order valence-corrected chi connectivity index (χ0v) is 13.8. The van der Waals surface area contributed by atoms with Crippen molar-refractivity contribution in [3.63, 3.8) is 0 Å². The maximum absolute atomic E-state index is 5.35. The minimum Gasteiger partial charge on any atom is -0.493 e. The van der Waals surface area contributed by atoms with Gasteiger partial charge in [-0.05, 0) is 46.5 Å². The zero-order chi connectivity index (χ0) is 13.0. The summed E-state index contributed by atoms with van der Waals surface area (Å²) in [6, 6.07) is 4.80. The summed E-state index contributed by atoms with van der Waals surface area (Å²) in [5.74, 6) is 1.53. The van der Waals surface area contributed by atoms with Crippen molar-refractivity contribution < 1.29 is 9.47 Å². The van der Waals surface area contributed by atoms with Crippen molar-refractivity contribution in [1.82, 2.24) is 5.32 Å². The average Bonchev–Trinajstić information content (AvgIpc) is 2.88. The normalized spacial score (nSPS) is 15.1. The summed E-state index contributed by atoms with van der Waals surface area (Å²) in [5.41, 5.74) is 1.21. The Balaban J connectivity index is 0.00000180. The lowest BCUT2D eigenvalue weighted by Gasteiger charge is -2.15. The van der Waals surface area contributed by atoms with Gasteiger partial charge in [-0.2, -0.15) is 0 Å². The van der Waals surface area contributed by atoms with Crippen LogP contribution in [0.3, 0.4) is 0 Å². The molecule has 1 fully saturated rings. The summed E-state index contributed by atoms with van der Waals surface area (Å²) in [4.78, 5) is 0. The number of halogens is 2. The Bertz CT molecular complexity index is 409. The van der Waals surface area contributed by atoms with Crippen LogP contribution >= 0.6 is 28.3 Å². The molecule has 3 nitrogen and oxygen atoms in total. The van der Waals surface area contributed by atoms with E-state index in [0.717, 1.165) is 22.5 Å². The smallest absolute Gasteiger partial charge is 0.174 e. The van der Waals surface area contributed by atoms with Gasteiger partial charge in [0.25, 0.3) is 0 Å². The first-order valence-corrected chi connectivity index (χ1v) is 7.17. The van der Waals surface area contributed by atoms with Crippen LogP contribution in [0.15, 0.2) is 16.6 Å². The number of nitrogens with one attached hydrogen (secondary N) is 1. The quantitative estimate of drug-likeness (QED) is 0.873. The molecule has 0 amide bonds. The second-order valence-corrected chi connectivity index (χ2v) is 5.53. The van der Waals surface area contributed by atoms with Crippen LogP contribution in [0.2, 0.25) is 0 Å². The first-order chi connectivity index (χ1) is 8.74. The minimum atomic E-state index is 0. The Morgan fingerprint density at radius 1 is 1.21 bits per heavy atom. The number of hydrogen-bond acceptors (Lipinski definition) is 3. The molecule has 2 rings (SSSR count). The molecule has 1 aliphatic carbocycles. The predicted octanol–water partition coefficient (Wildman–Crippen LogP) is 3.92. The molecule has 19 heavy (non-hydrogen) atoms. The fraction of sp³-hybridized carbons (Fsp3) is 0.571. The lowest BCUT2D eigenvalue weighted by atomic mass is 10.1. The zero-order valence-electron chi connectivity index (χ0n) is 11.4. The highest BCUT2D eigenvalue weighted by atomic mass is 79.9. The Labute approximate surface area is 129 Å². The summed E-state index contributed by atoms with van der Waals surface area (Å²) < 4.78 is 11.6. The molecule has 1 aliphatic rings. The van der Waals surface area contributed by atoms with Crippen LogP contribution in [0.4, 0.5) is 0 Å². The third kappa shape index (κ3) is 4.26. The molecule has 1 saturated carbocycles. The van der Waals surface area contributed by atoms with Crippen LogP contribution in [0.1, 0.15) is 31.2 Å². The molecule has 0 saturated heterocycles. The first kappa shape index (κ1) is 16.6. The van der Waals surface area contributed by atoms with Crippen molar-refractivity contribution in [2.24, 2.45) is 0 Å². The van der Waals surface area contributed by atoms with Gasteiger partial charge in [0, 0.05) is 12.6 Å². The molecule has 0 aliphatic heterocycles. The summed E-state index contributed by atoms with van der Waals surface area (Å²) in [6.07, 6.45) is 5.31. The SMILES string of the molecule is COc1cc(CNC2CCCC2)cc(Br)c1OC.Cl. The van der Waals surface area contributed by atoms with Crippen LogP contribution in [0.5, 0.6) is 11.5 Å². The lowest BCUT2D eigenvalue weighted by molar-refractivity contribution is 0.352. The molecular formula is C14H21BrClNO2. The molecule has 0 radical (unpaired) electrons. The standard InChI is InChI=1S/C14H20BrNO2.ClH/c1-17-13-8-10(7-12(15)14(13)18-2)9-16-11-5-3-4-6-11;/h7-8,11,16H,3-6,9H2,1-2H3;1H. The molecule has 108 valence electrons. The van der Waals surface area contributed by atoms with E-state index in [2.05, 4.69) is 27.3 Å². The van der Waals surface area contributed by atoms with Crippen molar-refractivity contribution in [3.05, 3.63) is 22.2 Å². The Morgan fingerprint density at radius 2 is 1.89 bits per heavy atom. The molecule has 0 bridgehead atoms. The largest absolute Gasteiger partial charge is 0.493 e. The van der Waals surface area contributed by atoms with Crippen LogP contribution in [0.25, 0.3) is 0 Å². The van der Waals surface area contributed by atoms with Crippen LogP contribution < -0.4 is 14.8 Å². The Morgan fingerprint density at radius 3 is 2.47 bits per heavy atom. The highest BCUT2D eigenvalue weighted by molar-refractivity contribution is 9.10. The van der Waals surface area contributed by atoms with E-state index in [1.54, 1.807) is 14.2 Å². The van der Waals surface area contributed by atoms with Gasteiger partial charge in [-0.3, -0.25) is 0 Å². The Hall–Kier alpha value is -0.450. The van der Waals surface area contributed by atoms with Crippen molar-refractivity contribution in [1.29, 1.82) is 0 Å². The monoisotopic (exact) mass is 349 g/mol. The van der Waals surface area contributed by atoms with Gasteiger partial charge < -0.3 is 14.8 Å². The van der Waals surface area contributed by atoms with Crippen LogP contribution in [0, 0.1) is 0 Å². The maximum Gasteiger partial charge on any atom is 0.174 e. The second-order valence-electron chi connectivity index (χ2n) is 4.68. The van der Waals surface area contributed by atoms with Gasteiger partial charge in [0.05, 0.1) is 18.7 Å². The summed E-state index contributed by atoms with van der Waals surface area (Å²) in [7, 11) is 3.32. The molecule has 5 heteroatoms. The molecule has 0 unspecified atom stereocenters.